The average molecular weight is 142 g/mol. The Hall–Kier alpha value is -0.0400. The van der Waals surface area contributed by atoms with Gasteiger partial charge in [-0.3, -0.25) is 0 Å². The van der Waals surface area contributed by atoms with Crippen LogP contribution in [0.2, 0.25) is 0 Å². The summed E-state index contributed by atoms with van der Waals surface area (Å²) in [4.78, 5) is 0. The topological polar surface area (TPSA) is 20.2 Å². The van der Waals surface area contributed by atoms with E-state index < -0.39 is 0 Å². The quantitative estimate of drug-likeness (QED) is 0.641. The van der Waals surface area contributed by atoms with Gasteiger partial charge in [-0.05, 0) is 32.1 Å². The summed E-state index contributed by atoms with van der Waals surface area (Å²) in [5, 5.41) is 9.83. The third-order valence-electron chi connectivity index (χ3n) is 2.74. The highest BCUT2D eigenvalue weighted by Crippen LogP contribution is 2.38. The van der Waals surface area contributed by atoms with Gasteiger partial charge in [0.05, 0.1) is 5.60 Å². The molecule has 1 nitrogen and oxygen atoms in total. The van der Waals surface area contributed by atoms with Gasteiger partial charge < -0.3 is 5.11 Å². The van der Waals surface area contributed by atoms with Crippen LogP contribution in [0.15, 0.2) is 0 Å². The van der Waals surface area contributed by atoms with Gasteiger partial charge in [-0.25, -0.2) is 0 Å². The van der Waals surface area contributed by atoms with Crippen molar-refractivity contribution in [1.29, 1.82) is 0 Å². The Morgan fingerprint density at radius 3 is 2.40 bits per heavy atom. The van der Waals surface area contributed by atoms with Gasteiger partial charge in [0.1, 0.15) is 0 Å². The Morgan fingerprint density at radius 2 is 2.10 bits per heavy atom. The molecule has 1 N–H and O–H groups in total. The second-order valence-electron chi connectivity index (χ2n) is 3.73. The first-order valence-corrected chi connectivity index (χ1v) is 4.39. The number of hydrogen-bond acceptors (Lipinski definition) is 1. The molecule has 60 valence electrons. The summed E-state index contributed by atoms with van der Waals surface area (Å²) in [5.41, 5.74) is -0.354. The normalized spacial score (nSPS) is 25.5. The third-order valence-corrected chi connectivity index (χ3v) is 2.74. The molecular weight excluding hydrogens is 124 g/mol. The molecule has 1 atom stereocenters. The summed E-state index contributed by atoms with van der Waals surface area (Å²) in [5.74, 6) is 0.604. The number of hydrogen-bond donors (Lipinski definition) is 1. The molecule has 1 aliphatic carbocycles. The van der Waals surface area contributed by atoms with Crippen LogP contribution < -0.4 is 0 Å². The maximum absolute atomic E-state index is 9.83. The molecular formula is C9H18O. The van der Waals surface area contributed by atoms with E-state index in [0.29, 0.717) is 5.92 Å². The SMILES string of the molecule is CCCC(C)(O)C1CCC1. The van der Waals surface area contributed by atoms with Crippen LogP contribution in [0.3, 0.4) is 0 Å². The lowest BCUT2D eigenvalue weighted by atomic mass is 9.72. The summed E-state index contributed by atoms with van der Waals surface area (Å²) in [7, 11) is 0. The maximum atomic E-state index is 9.83. The van der Waals surface area contributed by atoms with Crippen LogP contribution in [0, 0.1) is 5.92 Å². The van der Waals surface area contributed by atoms with Crippen molar-refractivity contribution in [2.24, 2.45) is 5.92 Å². The van der Waals surface area contributed by atoms with Crippen LogP contribution in [0.4, 0.5) is 0 Å². The fraction of sp³-hybridized carbons (Fsp3) is 1.00. The second-order valence-corrected chi connectivity index (χ2v) is 3.73. The highest BCUT2D eigenvalue weighted by Gasteiger charge is 2.34. The molecule has 1 rings (SSSR count). The summed E-state index contributed by atoms with van der Waals surface area (Å²) in [6.45, 7) is 4.12. The van der Waals surface area contributed by atoms with Crippen molar-refractivity contribution in [3.8, 4) is 0 Å². The van der Waals surface area contributed by atoms with E-state index in [-0.39, 0.29) is 5.60 Å². The lowest BCUT2D eigenvalue weighted by molar-refractivity contribution is -0.0414. The lowest BCUT2D eigenvalue weighted by Crippen LogP contribution is -2.38. The van der Waals surface area contributed by atoms with Crippen molar-refractivity contribution in [2.45, 2.75) is 51.6 Å². The van der Waals surface area contributed by atoms with Crippen molar-refractivity contribution >= 4 is 0 Å². The Balaban J connectivity index is 2.33. The van der Waals surface area contributed by atoms with E-state index in [0.717, 1.165) is 12.8 Å². The number of aliphatic hydroxyl groups is 1. The fourth-order valence-corrected chi connectivity index (χ4v) is 1.74. The molecule has 0 aromatic heterocycles. The molecule has 1 unspecified atom stereocenters. The lowest BCUT2D eigenvalue weighted by Gasteiger charge is -2.38. The molecule has 1 fully saturated rings. The molecule has 1 saturated carbocycles. The minimum absolute atomic E-state index is 0.354. The molecule has 0 radical (unpaired) electrons. The van der Waals surface area contributed by atoms with E-state index in [1.54, 1.807) is 0 Å². The highest BCUT2D eigenvalue weighted by atomic mass is 16.3. The number of rotatable bonds is 3. The molecule has 10 heavy (non-hydrogen) atoms. The molecule has 0 aromatic carbocycles. The zero-order valence-corrected chi connectivity index (χ0v) is 7.06. The van der Waals surface area contributed by atoms with Gasteiger partial charge in [-0.2, -0.15) is 0 Å². The van der Waals surface area contributed by atoms with Crippen molar-refractivity contribution in [1.82, 2.24) is 0 Å². The molecule has 0 amide bonds. The summed E-state index contributed by atoms with van der Waals surface area (Å²) >= 11 is 0. The van der Waals surface area contributed by atoms with Crippen molar-refractivity contribution < 1.29 is 5.11 Å². The van der Waals surface area contributed by atoms with Crippen molar-refractivity contribution in [3.05, 3.63) is 0 Å². The van der Waals surface area contributed by atoms with Gasteiger partial charge in [-0.1, -0.05) is 19.8 Å². The molecule has 0 aliphatic heterocycles. The minimum atomic E-state index is -0.354. The van der Waals surface area contributed by atoms with E-state index >= 15 is 0 Å². The van der Waals surface area contributed by atoms with Gasteiger partial charge in [0.2, 0.25) is 0 Å². The Bertz CT molecular complexity index is 103. The predicted octanol–water partition coefficient (Wildman–Crippen LogP) is 2.34. The van der Waals surface area contributed by atoms with E-state index in [4.69, 9.17) is 0 Å². The van der Waals surface area contributed by atoms with Crippen LogP contribution in [0.5, 0.6) is 0 Å². The summed E-state index contributed by atoms with van der Waals surface area (Å²) in [6, 6.07) is 0. The van der Waals surface area contributed by atoms with Crippen LogP contribution in [-0.2, 0) is 0 Å². The van der Waals surface area contributed by atoms with Gasteiger partial charge in [-0.15, -0.1) is 0 Å². The minimum Gasteiger partial charge on any atom is -0.390 e. The van der Waals surface area contributed by atoms with Gasteiger partial charge in [0.15, 0.2) is 0 Å². The maximum Gasteiger partial charge on any atom is 0.0647 e. The van der Waals surface area contributed by atoms with Crippen LogP contribution >= 0.6 is 0 Å². The molecule has 0 saturated heterocycles. The second kappa shape index (κ2) is 2.91. The van der Waals surface area contributed by atoms with Crippen molar-refractivity contribution in [2.75, 3.05) is 0 Å². The first-order chi connectivity index (χ1) is 4.67. The summed E-state index contributed by atoms with van der Waals surface area (Å²) < 4.78 is 0. The Labute approximate surface area is 63.4 Å². The Kier molecular flexibility index (Phi) is 2.35. The smallest absolute Gasteiger partial charge is 0.0647 e. The molecule has 0 bridgehead atoms. The first kappa shape index (κ1) is 8.06. The zero-order valence-electron chi connectivity index (χ0n) is 7.06. The van der Waals surface area contributed by atoms with Gasteiger partial charge in [0, 0.05) is 0 Å². The standard InChI is InChI=1S/C9H18O/c1-3-7-9(2,10)8-5-4-6-8/h8,10H,3-7H2,1-2H3. The van der Waals surface area contributed by atoms with Crippen LogP contribution in [0.1, 0.15) is 46.0 Å². The molecule has 0 aromatic rings. The zero-order chi connectivity index (χ0) is 7.61. The predicted molar refractivity (Wildman–Crippen MR) is 42.9 cm³/mol. The molecule has 1 aliphatic rings. The van der Waals surface area contributed by atoms with Gasteiger partial charge in [0.25, 0.3) is 0 Å². The Morgan fingerprint density at radius 1 is 1.50 bits per heavy atom. The molecule has 0 spiro atoms. The monoisotopic (exact) mass is 142 g/mol. The molecule has 1 heteroatoms. The van der Waals surface area contributed by atoms with Crippen LogP contribution in [0.25, 0.3) is 0 Å². The largest absolute Gasteiger partial charge is 0.390 e. The summed E-state index contributed by atoms with van der Waals surface area (Å²) in [6.07, 6.45) is 5.88. The third kappa shape index (κ3) is 1.51. The fourth-order valence-electron chi connectivity index (χ4n) is 1.74. The molecule has 0 heterocycles. The average Bonchev–Trinajstić information content (AvgIpc) is 1.56. The van der Waals surface area contributed by atoms with Crippen molar-refractivity contribution in [3.63, 3.8) is 0 Å². The van der Waals surface area contributed by atoms with E-state index in [1.807, 2.05) is 6.92 Å². The van der Waals surface area contributed by atoms with E-state index in [9.17, 15) is 5.11 Å². The van der Waals surface area contributed by atoms with E-state index in [1.165, 1.54) is 19.3 Å². The van der Waals surface area contributed by atoms with E-state index in [2.05, 4.69) is 6.92 Å². The van der Waals surface area contributed by atoms with Gasteiger partial charge >= 0.3 is 0 Å². The van der Waals surface area contributed by atoms with Crippen LogP contribution in [-0.4, -0.2) is 10.7 Å². The highest BCUT2D eigenvalue weighted by molar-refractivity contribution is 4.86. The first-order valence-electron chi connectivity index (χ1n) is 4.39.